The Balaban J connectivity index is 1.64. The van der Waals surface area contributed by atoms with Gasteiger partial charge >= 0.3 is 0 Å². The first-order valence-electron chi connectivity index (χ1n) is 15.2. The quantitative estimate of drug-likeness (QED) is 0.166. The van der Waals surface area contributed by atoms with Gasteiger partial charge in [0, 0.05) is 49.9 Å². The van der Waals surface area contributed by atoms with E-state index in [0.29, 0.717) is 29.7 Å². The number of sulfonamides is 1. The number of aliphatic hydroxyl groups is 1. The van der Waals surface area contributed by atoms with E-state index in [1.807, 2.05) is 35.0 Å². The minimum atomic E-state index is -3.65. The number of nitrogens with zero attached hydrogens (tertiary/aromatic N) is 2. The molecule has 0 aliphatic heterocycles. The van der Waals surface area contributed by atoms with Crippen LogP contribution in [-0.4, -0.2) is 56.0 Å². The number of unbranched alkanes of at least 4 members (excludes halogenated alkanes) is 1. The number of nitrogens with one attached hydrogen (secondary N) is 2. The second-order valence-corrected chi connectivity index (χ2v) is 13.5. The molecule has 45 heavy (non-hydrogen) atoms. The largest absolute Gasteiger partial charge is 0.390 e. The van der Waals surface area contributed by atoms with E-state index < -0.39 is 39.7 Å². The molecular formula is C34H42F2N4O4S. The number of aryl methyl sites for hydroxylation is 2. The SMILES string of the molecule is CCCCn1ccc2c(N(C)S(C)(=O)=O)cc(C(=O)N[C@@H](Cc3cc(F)cc(F)c3)[C@@H](O)CNCc3cccc(CC)c3)cc21. The zero-order valence-corrected chi connectivity index (χ0v) is 27.0. The summed E-state index contributed by atoms with van der Waals surface area (Å²) in [5, 5.41) is 18.0. The second-order valence-electron chi connectivity index (χ2n) is 11.5. The molecule has 0 bridgehead atoms. The van der Waals surface area contributed by atoms with E-state index in [4.69, 9.17) is 0 Å². The van der Waals surface area contributed by atoms with Crippen LogP contribution in [0.2, 0.25) is 0 Å². The van der Waals surface area contributed by atoms with Gasteiger partial charge in [-0.1, -0.05) is 44.5 Å². The van der Waals surface area contributed by atoms with Crippen LogP contribution in [0.5, 0.6) is 0 Å². The second kappa shape index (κ2) is 15.0. The van der Waals surface area contributed by atoms with Crippen LogP contribution in [0.1, 0.15) is 53.7 Å². The van der Waals surface area contributed by atoms with E-state index in [9.17, 15) is 27.1 Å². The lowest BCUT2D eigenvalue weighted by Crippen LogP contribution is -2.48. The summed E-state index contributed by atoms with van der Waals surface area (Å²) >= 11 is 0. The molecule has 0 fully saturated rings. The Morgan fingerprint density at radius 3 is 2.38 bits per heavy atom. The lowest BCUT2D eigenvalue weighted by Gasteiger charge is -2.26. The summed E-state index contributed by atoms with van der Waals surface area (Å²) in [6.45, 7) is 5.40. The van der Waals surface area contributed by atoms with Crippen molar-refractivity contribution in [1.29, 1.82) is 0 Å². The van der Waals surface area contributed by atoms with Crippen molar-refractivity contribution >= 4 is 32.5 Å². The van der Waals surface area contributed by atoms with Gasteiger partial charge in [-0.05, 0) is 66.3 Å². The molecule has 4 aromatic rings. The highest BCUT2D eigenvalue weighted by Gasteiger charge is 2.25. The number of carbonyl (C=O) groups is 1. The van der Waals surface area contributed by atoms with Gasteiger partial charge in [-0.2, -0.15) is 0 Å². The molecule has 0 aliphatic carbocycles. The summed E-state index contributed by atoms with van der Waals surface area (Å²) in [4.78, 5) is 13.8. The van der Waals surface area contributed by atoms with Crippen molar-refractivity contribution in [2.75, 3.05) is 24.2 Å². The number of aromatic nitrogens is 1. The Bertz CT molecular complexity index is 1720. The predicted molar refractivity (Wildman–Crippen MR) is 175 cm³/mol. The molecule has 0 radical (unpaired) electrons. The van der Waals surface area contributed by atoms with Gasteiger partial charge in [0.25, 0.3) is 5.91 Å². The van der Waals surface area contributed by atoms with Crippen LogP contribution in [0, 0.1) is 11.6 Å². The van der Waals surface area contributed by atoms with Gasteiger partial charge in [0.1, 0.15) is 11.6 Å². The average molecular weight is 641 g/mol. The average Bonchev–Trinajstić information content (AvgIpc) is 3.40. The molecule has 0 spiro atoms. The van der Waals surface area contributed by atoms with Crippen molar-refractivity contribution in [2.24, 2.45) is 0 Å². The highest BCUT2D eigenvalue weighted by molar-refractivity contribution is 7.92. The highest BCUT2D eigenvalue weighted by Crippen LogP contribution is 2.31. The van der Waals surface area contributed by atoms with Crippen molar-refractivity contribution in [1.82, 2.24) is 15.2 Å². The topological polar surface area (TPSA) is 104 Å². The number of benzene rings is 3. The number of aliphatic hydroxyl groups excluding tert-OH is 1. The Morgan fingerprint density at radius 1 is 1.00 bits per heavy atom. The fraction of sp³-hybridized carbons (Fsp3) is 0.382. The molecule has 11 heteroatoms. The number of amides is 1. The van der Waals surface area contributed by atoms with E-state index in [2.05, 4.69) is 30.5 Å². The molecule has 0 aliphatic rings. The Morgan fingerprint density at radius 2 is 1.71 bits per heavy atom. The normalized spacial score (nSPS) is 13.1. The summed E-state index contributed by atoms with van der Waals surface area (Å²) in [6.07, 6.45) is 4.54. The van der Waals surface area contributed by atoms with Gasteiger partial charge in [0.15, 0.2) is 0 Å². The number of hydrogen-bond donors (Lipinski definition) is 3. The molecule has 0 saturated heterocycles. The molecule has 0 unspecified atom stereocenters. The first kappa shape index (κ1) is 34.1. The lowest BCUT2D eigenvalue weighted by atomic mass is 9.99. The lowest BCUT2D eigenvalue weighted by molar-refractivity contribution is 0.0830. The van der Waals surface area contributed by atoms with Crippen LogP contribution in [0.3, 0.4) is 0 Å². The monoisotopic (exact) mass is 640 g/mol. The van der Waals surface area contributed by atoms with Crippen LogP contribution >= 0.6 is 0 Å². The van der Waals surface area contributed by atoms with Crippen LogP contribution in [0.25, 0.3) is 10.9 Å². The van der Waals surface area contributed by atoms with Gasteiger partial charge in [-0.25, -0.2) is 17.2 Å². The van der Waals surface area contributed by atoms with E-state index in [1.54, 1.807) is 6.07 Å². The van der Waals surface area contributed by atoms with Gasteiger partial charge < -0.3 is 20.3 Å². The molecule has 3 N–H and O–H groups in total. The number of rotatable bonds is 15. The number of halogens is 2. The third-order valence-corrected chi connectivity index (χ3v) is 9.15. The summed E-state index contributed by atoms with van der Waals surface area (Å²) in [6, 6.07) is 15.3. The molecule has 1 aromatic heterocycles. The maximum absolute atomic E-state index is 14.1. The molecule has 2 atom stereocenters. The maximum Gasteiger partial charge on any atom is 0.251 e. The van der Waals surface area contributed by atoms with Gasteiger partial charge in [-0.3, -0.25) is 9.10 Å². The summed E-state index contributed by atoms with van der Waals surface area (Å²) < 4.78 is 56.3. The van der Waals surface area contributed by atoms with E-state index in [1.165, 1.54) is 30.8 Å². The van der Waals surface area contributed by atoms with Crippen LogP contribution in [0.15, 0.2) is 66.9 Å². The predicted octanol–water partition coefficient (Wildman–Crippen LogP) is 5.17. The van der Waals surface area contributed by atoms with Crippen molar-refractivity contribution in [3.8, 4) is 0 Å². The van der Waals surface area contributed by atoms with Gasteiger partial charge in [-0.15, -0.1) is 0 Å². The highest BCUT2D eigenvalue weighted by atomic mass is 32.2. The molecule has 242 valence electrons. The molecular weight excluding hydrogens is 598 g/mol. The van der Waals surface area contributed by atoms with Gasteiger partial charge in [0.05, 0.1) is 29.6 Å². The zero-order valence-electron chi connectivity index (χ0n) is 26.2. The number of carbonyl (C=O) groups excluding carboxylic acids is 1. The minimum absolute atomic E-state index is 0.0419. The first-order valence-corrected chi connectivity index (χ1v) is 17.0. The maximum atomic E-state index is 14.1. The summed E-state index contributed by atoms with van der Waals surface area (Å²) in [7, 11) is -2.21. The van der Waals surface area contributed by atoms with Crippen LogP contribution in [0.4, 0.5) is 14.5 Å². The Kier molecular flexibility index (Phi) is 11.4. The number of fused-ring (bicyclic) bond motifs is 1. The standard InChI is InChI=1S/C34H42F2N4O4S/c1-5-7-12-40-13-11-29-31(39(3)45(4,43)44)18-26(19-32(29)40)34(42)38-30(17-25-15-27(35)20-28(36)16-25)33(41)22-37-21-24-10-8-9-23(6-2)14-24/h8-11,13-16,18-20,30,33,37,41H,5-7,12,17,21-22H2,1-4H3,(H,38,42)/t30-,33-/m0/s1. The molecule has 3 aromatic carbocycles. The third kappa shape index (κ3) is 8.90. The molecule has 1 amide bonds. The third-order valence-electron chi connectivity index (χ3n) is 7.96. The van der Waals surface area contributed by atoms with Crippen molar-refractivity contribution in [3.63, 3.8) is 0 Å². The molecule has 1 heterocycles. The molecule has 8 nitrogen and oxygen atoms in total. The number of anilines is 1. The fourth-order valence-electron chi connectivity index (χ4n) is 5.35. The van der Waals surface area contributed by atoms with Gasteiger partial charge in [0.2, 0.25) is 10.0 Å². The van der Waals surface area contributed by atoms with Crippen LogP contribution < -0.4 is 14.9 Å². The first-order chi connectivity index (χ1) is 21.4. The summed E-state index contributed by atoms with van der Waals surface area (Å²) in [5.74, 6) is -2.07. The number of hydrogen-bond acceptors (Lipinski definition) is 5. The van der Waals surface area contributed by atoms with Crippen molar-refractivity contribution in [3.05, 3.63) is 101 Å². The molecule has 4 rings (SSSR count). The Labute approximate surface area is 264 Å². The zero-order chi connectivity index (χ0) is 32.7. The van der Waals surface area contributed by atoms with E-state index >= 15 is 0 Å². The Hall–Kier alpha value is -3.80. The minimum Gasteiger partial charge on any atom is -0.390 e. The van der Waals surface area contributed by atoms with E-state index in [0.717, 1.165) is 41.5 Å². The fourth-order valence-corrected chi connectivity index (χ4v) is 5.86. The van der Waals surface area contributed by atoms with Crippen molar-refractivity contribution < 1.29 is 27.1 Å². The molecule has 0 saturated carbocycles. The smallest absolute Gasteiger partial charge is 0.251 e. The summed E-state index contributed by atoms with van der Waals surface area (Å²) in [5.41, 5.74) is 3.73. The van der Waals surface area contributed by atoms with E-state index in [-0.39, 0.29) is 24.1 Å². The van der Waals surface area contributed by atoms with Crippen LogP contribution in [-0.2, 0) is 36.0 Å². The van der Waals surface area contributed by atoms with Crippen molar-refractivity contribution in [2.45, 2.75) is 64.8 Å².